The standard InChI is InChI=1S/C30H34N2O10S2/c1-37-23-13-19(14-24(38-2)29(23)41-5)17-31-43(33,34)27-11-7-10-22-21(27)9-8-12-28(22)44(35,36)32-18-20-15-25(39-3)30(42-6)26(16-20)40-4/h7-16,31-32H,17-18H2,1-6H3. The molecule has 236 valence electrons. The van der Waals surface area contributed by atoms with Crippen LogP contribution in [-0.2, 0) is 33.1 Å². The Morgan fingerprint density at radius 3 is 1.09 bits per heavy atom. The molecule has 0 aliphatic heterocycles. The molecule has 2 N–H and O–H groups in total. The predicted octanol–water partition coefficient (Wildman–Crippen LogP) is 3.85. The van der Waals surface area contributed by atoms with Gasteiger partial charge < -0.3 is 28.4 Å². The van der Waals surface area contributed by atoms with Gasteiger partial charge in [-0.15, -0.1) is 0 Å². The van der Waals surface area contributed by atoms with Crippen LogP contribution in [-0.4, -0.2) is 59.5 Å². The first-order chi connectivity index (χ1) is 21.0. The molecular weight excluding hydrogens is 612 g/mol. The Labute approximate surface area is 256 Å². The molecule has 0 heterocycles. The van der Waals surface area contributed by atoms with E-state index in [4.69, 9.17) is 28.4 Å². The Morgan fingerprint density at radius 2 is 0.818 bits per heavy atom. The molecule has 0 saturated heterocycles. The zero-order chi connectivity index (χ0) is 32.1. The highest BCUT2D eigenvalue weighted by atomic mass is 32.2. The Hall–Kier alpha value is -4.24. The van der Waals surface area contributed by atoms with E-state index < -0.39 is 20.0 Å². The van der Waals surface area contributed by atoms with Crippen LogP contribution in [0.1, 0.15) is 11.1 Å². The average molecular weight is 647 g/mol. The largest absolute Gasteiger partial charge is 0.493 e. The molecule has 4 aromatic rings. The summed E-state index contributed by atoms with van der Waals surface area (Å²) in [6, 6.07) is 15.5. The minimum atomic E-state index is -4.10. The topological polar surface area (TPSA) is 148 Å². The number of hydrogen-bond acceptors (Lipinski definition) is 10. The zero-order valence-electron chi connectivity index (χ0n) is 25.1. The average Bonchev–Trinajstić information content (AvgIpc) is 3.04. The van der Waals surface area contributed by atoms with Gasteiger partial charge in [0.1, 0.15) is 0 Å². The molecule has 0 aromatic heterocycles. The first-order valence-corrected chi connectivity index (χ1v) is 16.1. The number of hydrogen-bond donors (Lipinski definition) is 2. The maximum Gasteiger partial charge on any atom is 0.241 e. The van der Waals surface area contributed by atoms with Gasteiger partial charge in [0, 0.05) is 23.9 Å². The molecule has 0 bridgehead atoms. The van der Waals surface area contributed by atoms with Crippen molar-refractivity contribution in [3.8, 4) is 34.5 Å². The van der Waals surface area contributed by atoms with E-state index in [1.165, 1.54) is 66.9 Å². The molecule has 12 nitrogen and oxygen atoms in total. The van der Waals surface area contributed by atoms with Crippen LogP contribution in [0.2, 0.25) is 0 Å². The van der Waals surface area contributed by atoms with Gasteiger partial charge in [-0.05, 0) is 47.5 Å². The van der Waals surface area contributed by atoms with Gasteiger partial charge in [-0.1, -0.05) is 24.3 Å². The van der Waals surface area contributed by atoms with E-state index >= 15 is 0 Å². The van der Waals surface area contributed by atoms with Crippen LogP contribution in [0, 0.1) is 0 Å². The fraction of sp³-hybridized carbons (Fsp3) is 0.267. The van der Waals surface area contributed by atoms with Crippen molar-refractivity contribution < 1.29 is 45.3 Å². The summed E-state index contributed by atoms with van der Waals surface area (Å²) < 4.78 is 91.2. The summed E-state index contributed by atoms with van der Waals surface area (Å²) in [6.45, 7) is -0.187. The van der Waals surface area contributed by atoms with Crippen LogP contribution < -0.4 is 37.9 Å². The highest BCUT2D eigenvalue weighted by molar-refractivity contribution is 7.90. The van der Waals surface area contributed by atoms with Gasteiger partial charge in [-0.25, -0.2) is 26.3 Å². The minimum Gasteiger partial charge on any atom is -0.493 e. The molecule has 0 atom stereocenters. The number of sulfonamides is 2. The highest BCUT2D eigenvalue weighted by Crippen LogP contribution is 2.39. The lowest BCUT2D eigenvalue weighted by molar-refractivity contribution is 0.323. The normalized spacial score (nSPS) is 11.7. The monoisotopic (exact) mass is 646 g/mol. The van der Waals surface area contributed by atoms with Crippen LogP contribution in [0.4, 0.5) is 0 Å². The van der Waals surface area contributed by atoms with Crippen LogP contribution in [0.3, 0.4) is 0 Å². The molecule has 44 heavy (non-hydrogen) atoms. The second kappa shape index (κ2) is 13.6. The Kier molecular flexibility index (Phi) is 10.1. The van der Waals surface area contributed by atoms with Crippen molar-refractivity contribution in [3.63, 3.8) is 0 Å². The quantitative estimate of drug-likeness (QED) is 0.207. The Balaban J connectivity index is 1.63. The number of methoxy groups -OCH3 is 6. The number of rotatable bonds is 14. The van der Waals surface area contributed by atoms with E-state index in [2.05, 4.69) is 9.44 Å². The molecule has 0 unspecified atom stereocenters. The second-order valence-electron chi connectivity index (χ2n) is 9.32. The predicted molar refractivity (Wildman–Crippen MR) is 164 cm³/mol. The molecular formula is C30H34N2O10S2. The van der Waals surface area contributed by atoms with E-state index in [9.17, 15) is 16.8 Å². The van der Waals surface area contributed by atoms with Crippen LogP contribution in [0.15, 0.2) is 70.5 Å². The van der Waals surface area contributed by atoms with Crippen molar-refractivity contribution >= 4 is 30.8 Å². The molecule has 0 aliphatic rings. The molecule has 0 saturated carbocycles. The van der Waals surface area contributed by atoms with E-state index in [0.717, 1.165) is 0 Å². The highest BCUT2D eigenvalue weighted by Gasteiger charge is 2.23. The molecule has 4 rings (SSSR count). The second-order valence-corrected chi connectivity index (χ2v) is 12.8. The van der Waals surface area contributed by atoms with Gasteiger partial charge >= 0.3 is 0 Å². The third kappa shape index (κ3) is 6.63. The third-order valence-electron chi connectivity index (χ3n) is 6.80. The number of fused-ring (bicyclic) bond motifs is 1. The smallest absolute Gasteiger partial charge is 0.241 e. The number of benzene rings is 4. The first-order valence-electron chi connectivity index (χ1n) is 13.1. The van der Waals surface area contributed by atoms with E-state index in [1.807, 2.05) is 0 Å². The summed E-state index contributed by atoms with van der Waals surface area (Å²) in [5, 5.41) is 0.473. The molecule has 14 heteroatoms. The van der Waals surface area contributed by atoms with Crippen molar-refractivity contribution in [2.45, 2.75) is 22.9 Å². The lowest BCUT2D eigenvalue weighted by Crippen LogP contribution is -2.25. The summed E-state index contributed by atoms with van der Waals surface area (Å²) in [5.41, 5.74) is 1.12. The molecule has 0 amide bonds. The summed E-state index contributed by atoms with van der Waals surface area (Å²) in [4.78, 5) is -0.159. The van der Waals surface area contributed by atoms with E-state index in [0.29, 0.717) is 45.6 Å². The zero-order valence-corrected chi connectivity index (χ0v) is 26.7. The van der Waals surface area contributed by atoms with Gasteiger partial charge in [0.15, 0.2) is 23.0 Å². The van der Waals surface area contributed by atoms with Crippen LogP contribution in [0.5, 0.6) is 34.5 Å². The summed E-state index contributed by atoms with van der Waals surface area (Å²) in [7, 11) is 0.611. The summed E-state index contributed by atoms with van der Waals surface area (Å²) >= 11 is 0. The van der Waals surface area contributed by atoms with Crippen LogP contribution in [0.25, 0.3) is 10.8 Å². The molecule has 0 aliphatic carbocycles. The van der Waals surface area contributed by atoms with E-state index in [1.54, 1.807) is 36.4 Å². The van der Waals surface area contributed by atoms with Gasteiger partial charge in [0.2, 0.25) is 31.5 Å². The summed E-state index contributed by atoms with van der Waals surface area (Å²) in [5.74, 6) is 2.26. The SMILES string of the molecule is COc1cc(CNS(=O)(=O)c2cccc3c(S(=O)(=O)NCc4cc(OC)c(OC)c(OC)c4)cccc23)cc(OC)c1OC. The number of ether oxygens (including phenoxy) is 6. The lowest BCUT2D eigenvalue weighted by atomic mass is 10.1. The van der Waals surface area contributed by atoms with Crippen molar-refractivity contribution in [1.29, 1.82) is 0 Å². The maximum absolute atomic E-state index is 13.5. The Morgan fingerprint density at radius 1 is 0.500 bits per heavy atom. The molecule has 0 radical (unpaired) electrons. The fourth-order valence-corrected chi connectivity index (χ4v) is 7.18. The third-order valence-corrected chi connectivity index (χ3v) is 9.72. The minimum absolute atomic E-state index is 0.0795. The maximum atomic E-state index is 13.5. The molecule has 0 fully saturated rings. The van der Waals surface area contributed by atoms with Gasteiger partial charge in [-0.2, -0.15) is 0 Å². The number of nitrogens with one attached hydrogen (secondary N) is 2. The van der Waals surface area contributed by atoms with Crippen molar-refractivity contribution in [3.05, 3.63) is 71.8 Å². The Bertz CT molecular complexity index is 1690. The van der Waals surface area contributed by atoms with Gasteiger partial charge in [0.25, 0.3) is 0 Å². The first kappa shape index (κ1) is 32.7. The molecule has 0 spiro atoms. The lowest BCUT2D eigenvalue weighted by Gasteiger charge is -2.16. The van der Waals surface area contributed by atoms with Crippen molar-refractivity contribution in [1.82, 2.24) is 9.44 Å². The van der Waals surface area contributed by atoms with Crippen molar-refractivity contribution in [2.75, 3.05) is 42.7 Å². The molecule has 4 aromatic carbocycles. The van der Waals surface area contributed by atoms with Gasteiger partial charge in [0.05, 0.1) is 52.4 Å². The van der Waals surface area contributed by atoms with Gasteiger partial charge in [-0.3, -0.25) is 0 Å². The summed E-state index contributed by atoms with van der Waals surface area (Å²) in [6.07, 6.45) is 0. The van der Waals surface area contributed by atoms with E-state index in [-0.39, 0.29) is 33.7 Å². The fourth-order valence-electron chi connectivity index (χ4n) is 4.71. The van der Waals surface area contributed by atoms with Crippen molar-refractivity contribution in [2.24, 2.45) is 0 Å². The van der Waals surface area contributed by atoms with Crippen LogP contribution >= 0.6 is 0 Å².